The summed E-state index contributed by atoms with van der Waals surface area (Å²) in [5.74, 6) is -0.0187. The number of amides is 1. The van der Waals surface area contributed by atoms with Crippen molar-refractivity contribution >= 4 is 17.4 Å². The van der Waals surface area contributed by atoms with Crippen molar-refractivity contribution in [2.24, 2.45) is 13.0 Å². The van der Waals surface area contributed by atoms with Crippen molar-refractivity contribution < 1.29 is 14.0 Å². The third kappa shape index (κ3) is 5.29. The number of halogens is 1. The lowest BCUT2D eigenvalue weighted by atomic mass is 9.93. The number of aromatic nitrogens is 1. The van der Waals surface area contributed by atoms with Gasteiger partial charge in [-0.15, -0.1) is 0 Å². The van der Waals surface area contributed by atoms with Crippen LogP contribution in [-0.2, 0) is 18.4 Å². The highest BCUT2D eigenvalue weighted by atomic mass is 19.1. The molecule has 0 spiro atoms. The summed E-state index contributed by atoms with van der Waals surface area (Å²) in [5.41, 5.74) is 2.11. The van der Waals surface area contributed by atoms with Gasteiger partial charge in [-0.05, 0) is 56.8 Å². The number of hydrogen-bond donors (Lipinski definition) is 1. The number of ketones is 1. The third-order valence-corrected chi connectivity index (χ3v) is 5.43. The Morgan fingerprint density at radius 2 is 2.07 bits per heavy atom. The minimum Gasteiger partial charge on any atom is -0.353 e. The second-order valence-electron chi connectivity index (χ2n) is 7.70. The largest absolute Gasteiger partial charge is 0.353 e. The molecule has 2 heterocycles. The molecule has 1 aliphatic rings. The maximum Gasteiger partial charge on any atom is 0.224 e. The van der Waals surface area contributed by atoms with E-state index in [1.165, 1.54) is 6.07 Å². The molecule has 0 saturated carbocycles. The molecule has 0 radical (unpaired) electrons. The number of anilines is 1. The van der Waals surface area contributed by atoms with Gasteiger partial charge in [-0.3, -0.25) is 14.5 Å². The zero-order valence-corrected chi connectivity index (χ0v) is 16.6. The maximum atomic E-state index is 13.6. The Labute approximate surface area is 165 Å². The number of nitrogens with one attached hydrogen (secondary N) is 1. The molecule has 1 saturated heterocycles. The Morgan fingerprint density at radius 3 is 2.79 bits per heavy atom. The minimum atomic E-state index is -0.410. The average Bonchev–Trinajstić information content (AvgIpc) is 3.03. The quantitative estimate of drug-likeness (QED) is 0.733. The number of hydrogen-bond acceptors (Lipinski definition) is 3. The van der Waals surface area contributed by atoms with Crippen molar-refractivity contribution in [3.63, 3.8) is 0 Å². The Kier molecular flexibility index (Phi) is 6.62. The van der Waals surface area contributed by atoms with Crippen LogP contribution in [0.5, 0.6) is 0 Å². The van der Waals surface area contributed by atoms with Crippen molar-refractivity contribution in [2.75, 3.05) is 18.4 Å². The van der Waals surface area contributed by atoms with Crippen LogP contribution in [0.2, 0.25) is 0 Å². The van der Waals surface area contributed by atoms with E-state index in [0.29, 0.717) is 12.3 Å². The fourth-order valence-corrected chi connectivity index (χ4v) is 3.83. The summed E-state index contributed by atoms with van der Waals surface area (Å²) < 4.78 is 15.7. The van der Waals surface area contributed by atoms with E-state index in [1.807, 2.05) is 23.9 Å². The number of piperidine rings is 1. The van der Waals surface area contributed by atoms with Gasteiger partial charge in [0, 0.05) is 44.0 Å². The molecule has 1 unspecified atom stereocenters. The lowest BCUT2D eigenvalue weighted by molar-refractivity contribution is -0.116. The van der Waals surface area contributed by atoms with Crippen LogP contribution in [-0.4, -0.2) is 34.2 Å². The van der Waals surface area contributed by atoms with Gasteiger partial charge in [0.05, 0.1) is 5.69 Å². The topological polar surface area (TPSA) is 54.3 Å². The van der Waals surface area contributed by atoms with Crippen LogP contribution in [0.4, 0.5) is 10.1 Å². The lowest BCUT2D eigenvalue weighted by Crippen LogP contribution is -2.35. The normalized spacial score (nSPS) is 17.5. The van der Waals surface area contributed by atoms with E-state index in [4.69, 9.17) is 0 Å². The van der Waals surface area contributed by atoms with Gasteiger partial charge in [0.25, 0.3) is 0 Å². The van der Waals surface area contributed by atoms with Crippen LogP contribution >= 0.6 is 0 Å². The summed E-state index contributed by atoms with van der Waals surface area (Å²) in [6.45, 7) is 4.36. The molecule has 2 aromatic rings. The summed E-state index contributed by atoms with van der Waals surface area (Å²) in [5, 5.41) is 2.66. The van der Waals surface area contributed by atoms with Gasteiger partial charge in [0.1, 0.15) is 5.82 Å². The molecular weight excluding hydrogens is 357 g/mol. The Balaban J connectivity index is 1.49. The number of benzene rings is 1. The van der Waals surface area contributed by atoms with Crippen molar-refractivity contribution in [2.45, 2.75) is 39.2 Å². The van der Waals surface area contributed by atoms with Crippen molar-refractivity contribution in [3.05, 3.63) is 53.6 Å². The van der Waals surface area contributed by atoms with E-state index in [1.54, 1.807) is 25.1 Å². The van der Waals surface area contributed by atoms with Gasteiger partial charge in [-0.1, -0.05) is 12.1 Å². The van der Waals surface area contributed by atoms with Gasteiger partial charge in [0.15, 0.2) is 5.78 Å². The number of rotatable bonds is 7. The standard InChI is InChI=1S/C22H28FN3O2/c1-16(27)18-12-19(25(2)14-18)15-26-11-5-6-17(13-26)9-10-22(28)24-21-8-4-3-7-20(21)23/h3-4,7-8,12,14,17H,5-6,9-11,13,15H2,1-2H3,(H,24,28). The van der Waals surface area contributed by atoms with Crippen LogP contribution in [0.1, 0.15) is 48.7 Å². The van der Waals surface area contributed by atoms with Crippen molar-refractivity contribution in [3.8, 4) is 0 Å². The summed E-state index contributed by atoms with van der Waals surface area (Å²) in [6, 6.07) is 8.20. The number of carbonyl (C=O) groups is 2. The van der Waals surface area contributed by atoms with Crippen LogP contribution in [0.15, 0.2) is 36.5 Å². The molecule has 150 valence electrons. The number of Topliss-reactive ketones (excluding diaryl/α,β-unsaturated/α-hetero) is 1. The van der Waals surface area contributed by atoms with E-state index in [0.717, 1.165) is 50.2 Å². The van der Waals surface area contributed by atoms with E-state index >= 15 is 0 Å². The predicted octanol–water partition coefficient (Wildman–Crippen LogP) is 4.00. The monoisotopic (exact) mass is 385 g/mol. The second-order valence-corrected chi connectivity index (χ2v) is 7.70. The highest BCUT2D eigenvalue weighted by Crippen LogP contribution is 2.23. The van der Waals surface area contributed by atoms with Crippen molar-refractivity contribution in [1.29, 1.82) is 0 Å². The highest BCUT2D eigenvalue weighted by molar-refractivity contribution is 5.94. The molecule has 3 rings (SSSR count). The molecule has 28 heavy (non-hydrogen) atoms. The number of likely N-dealkylation sites (tertiary alicyclic amines) is 1. The first kappa shape index (κ1) is 20.3. The van der Waals surface area contributed by atoms with Gasteiger partial charge in [-0.25, -0.2) is 4.39 Å². The zero-order chi connectivity index (χ0) is 20.1. The molecule has 6 heteroatoms. The predicted molar refractivity (Wildman–Crippen MR) is 108 cm³/mol. The van der Waals surface area contributed by atoms with Crippen LogP contribution < -0.4 is 5.32 Å². The van der Waals surface area contributed by atoms with Gasteiger partial charge in [-0.2, -0.15) is 0 Å². The highest BCUT2D eigenvalue weighted by Gasteiger charge is 2.22. The number of para-hydroxylation sites is 1. The average molecular weight is 385 g/mol. The van der Waals surface area contributed by atoms with E-state index < -0.39 is 5.82 Å². The molecule has 1 aliphatic heterocycles. The molecular formula is C22H28FN3O2. The zero-order valence-electron chi connectivity index (χ0n) is 16.6. The van der Waals surface area contributed by atoms with Crippen LogP contribution in [0.25, 0.3) is 0 Å². The fourth-order valence-electron chi connectivity index (χ4n) is 3.83. The summed E-state index contributed by atoms with van der Waals surface area (Å²) in [6.07, 6.45) is 5.28. The maximum absolute atomic E-state index is 13.6. The van der Waals surface area contributed by atoms with Crippen LogP contribution in [0, 0.1) is 11.7 Å². The first-order valence-corrected chi connectivity index (χ1v) is 9.85. The smallest absolute Gasteiger partial charge is 0.224 e. The molecule has 5 nitrogen and oxygen atoms in total. The minimum absolute atomic E-state index is 0.0826. The second kappa shape index (κ2) is 9.15. The Morgan fingerprint density at radius 1 is 1.29 bits per heavy atom. The molecule has 1 aromatic carbocycles. The molecule has 1 aromatic heterocycles. The van der Waals surface area contributed by atoms with Gasteiger partial charge < -0.3 is 9.88 Å². The molecule has 1 atom stereocenters. The summed E-state index contributed by atoms with van der Waals surface area (Å²) in [7, 11) is 1.97. The first-order valence-electron chi connectivity index (χ1n) is 9.85. The van der Waals surface area contributed by atoms with E-state index in [9.17, 15) is 14.0 Å². The van der Waals surface area contributed by atoms with Crippen LogP contribution in [0.3, 0.4) is 0 Å². The van der Waals surface area contributed by atoms with E-state index in [2.05, 4.69) is 10.2 Å². The molecule has 0 aliphatic carbocycles. The molecule has 1 amide bonds. The van der Waals surface area contributed by atoms with Gasteiger partial charge in [0.2, 0.25) is 5.91 Å². The van der Waals surface area contributed by atoms with E-state index in [-0.39, 0.29) is 17.4 Å². The molecule has 1 N–H and O–H groups in total. The number of nitrogens with zero attached hydrogens (tertiary/aromatic N) is 2. The number of aryl methyl sites for hydroxylation is 1. The number of carbonyl (C=O) groups excluding carboxylic acids is 2. The SMILES string of the molecule is CC(=O)c1cc(CN2CCCC(CCC(=O)Nc3ccccc3F)C2)n(C)c1. The van der Waals surface area contributed by atoms with Crippen molar-refractivity contribution in [1.82, 2.24) is 9.47 Å². The van der Waals surface area contributed by atoms with Gasteiger partial charge >= 0.3 is 0 Å². The molecule has 0 bridgehead atoms. The molecule has 1 fully saturated rings. The fraction of sp³-hybridized carbons (Fsp3) is 0.455. The Bertz CT molecular complexity index is 846. The first-order chi connectivity index (χ1) is 13.4. The third-order valence-electron chi connectivity index (χ3n) is 5.43. The Hall–Kier alpha value is -2.47. The lowest BCUT2D eigenvalue weighted by Gasteiger charge is -2.32. The summed E-state index contributed by atoms with van der Waals surface area (Å²) in [4.78, 5) is 26.1. The summed E-state index contributed by atoms with van der Waals surface area (Å²) >= 11 is 0.